The maximum absolute atomic E-state index is 12.9. The van der Waals surface area contributed by atoms with Gasteiger partial charge in [-0.2, -0.15) is 10.4 Å². The fourth-order valence-corrected chi connectivity index (χ4v) is 2.71. The number of ether oxygens (including phenoxy) is 1. The SMILES string of the molecule is COc1ccccc1N(CCC#N)C(=O)Cn1nc(C)c([N+](=O)[O-])c1C. The highest BCUT2D eigenvalue weighted by atomic mass is 16.6. The van der Waals surface area contributed by atoms with Crippen molar-refractivity contribution in [1.29, 1.82) is 5.26 Å². The topological polar surface area (TPSA) is 114 Å². The number of carbonyl (C=O) groups excluding carboxylic acids is 1. The van der Waals surface area contributed by atoms with E-state index >= 15 is 0 Å². The van der Waals surface area contributed by atoms with Crippen molar-refractivity contribution >= 4 is 17.3 Å². The first-order valence-electron chi connectivity index (χ1n) is 7.89. The van der Waals surface area contributed by atoms with Crippen molar-refractivity contribution < 1.29 is 14.5 Å². The van der Waals surface area contributed by atoms with Gasteiger partial charge in [0.2, 0.25) is 5.91 Å². The van der Waals surface area contributed by atoms with Gasteiger partial charge in [0.25, 0.3) is 0 Å². The van der Waals surface area contributed by atoms with E-state index < -0.39 is 4.92 Å². The van der Waals surface area contributed by atoms with Gasteiger partial charge in [0.05, 0.1) is 30.2 Å². The molecule has 0 spiro atoms. The van der Waals surface area contributed by atoms with Gasteiger partial charge >= 0.3 is 5.69 Å². The summed E-state index contributed by atoms with van der Waals surface area (Å²) in [6.45, 7) is 3.08. The number of aryl methyl sites for hydroxylation is 1. The van der Waals surface area contributed by atoms with Crippen LogP contribution in [0, 0.1) is 35.3 Å². The molecule has 0 saturated carbocycles. The van der Waals surface area contributed by atoms with Crippen LogP contribution in [0.15, 0.2) is 24.3 Å². The second kappa shape index (κ2) is 8.11. The number of nitrogens with zero attached hydrogens (tertiary/aromatic N) is 5. The van der Waals surface area contributed by atoms with Crippen LogP contribution in [0.3, 0.4) is 0 Å². The number of hydrogen-bond donors (Lipinski definition) is 0. The summed E-state index contributed by atoms with van der Waals surface area (Å²) < 4.78 is 6.61. The Balaban J connectivity index is 2.35. The highest BCUT2D eigenvalue weighted by molar-refractivity contribution is 5.94. The van der Waals surface area contributed by atoms with Gasteiger partial charge in [-0.1, -0.05) is 12.1 Å². The minimum Gasteiger partial charge on any atom is -0.495 e. The lowest BCUT2D eigenvalue weighted by Gasteiger charge is -2.24. The maximum Gasteiger partial charge on any atom is 0.312 e. The fourth-order valence-electron chi connectivity index (χ4n) is 2.71. The van der Waals surface area contributed by atoms with Crippen molar-refractivity contribution in [3.8, 4) is 11.8 Å². The molecule has 9 heteroatoms. The van der Waals surface area contributed by atoms with Crippen molar-refractivity contribution in [2.45, 2.75) is 26.8 Å². The average Bonchev–Trinajstić information content (AvgIpc) is 2.89. The zero-order valence-electron chi connectivity index (χ0n) is 14.8. The van der Waals surface area contributed by atoms with Gasteiger partial charge in [0.15, 0.2) is 0 Å². The molecule has 0 unspecified atom stereocenters. The van der Waals surface area contributed by atoms with Gasteiger partial charge in [0.1, 0.15) is 23.7 Å². The minimum absolute atomic E-state index is 0.0985. The number of benzene rings is 1. The van der Waals surface area contributed by atoms with Crippen LogP contribution in [0.5, 0.6) is 5.75 Å². The van der Waals surface area contributed by atoms with Crippen molar-refractivity contribution in [2.75, 3.05) is 18.6 Å². The summed E-state index contributed by atoms with van der Waals surface area (Å²) in [5, 5.41) is 24.1. The first-order valence-corrected chi connectivity index (χ1v) is 7.89. The normalized spacial score (nSPS) is 10.2. The third kappa shape index (κ3) is 3.80. The lowest BCUT2D eigenvalue weighted by Crippen LogP contribution is -2.35. The number of amides is 1. The van der Waals surface area contributed by atoms with Crippen molar-refractivity contribution in [2.24, 2.45) is 0 Å². The molecule has 0 aliphatic carbocycles. The summed E-state index contributed by atoms with van der Waals surface area (Å²) in [6, 6.07) is 9.00. The molecule has 0 radical (unpaired) electrons. The van der Waals surface area contributed by atoms with Crippen LogP contribution in [0.2, 0.25) is 0 Å². The van der Waals surface area contributed by atoms with E-state index in [0.29, 0.717) is 17.1 Å². The van der Waals surface area contributed by atoms with Gasteiger partial charge in [-0.05, 0) is 26.0 Å². The Hall–Kier alpha value is -3.41. The number of rotatable bonds is 7. The van der Waals surface area contributed by atoms with Crippen molar-refractivity contribution in [3.63, 3.8) is 0 Å². The Bertz CT molecular complexity index is 869. The van der Waals surface area contributed by atoms with E-state index in [1.165, 1.54) is 23.6 Å². The summed E-state index contributed by atoms with van der Waals surface area (Å²) in [6.07, 6.45) is 0.140. The number of hydrogen-bond acceptors (Lipinski definition) is 6. The smallest absolute Gasteiger partial charge is 0.312 e. The molecule has 0 aliphatic heterocycles. The summed E-state index contributed by atoms with van der Waals surface area (Å²) in [7, 11) is 1.50. The highest BCUT2D eigenvalue weighted by Crippen LogP contribution is 2.28. The van der Waals surface area contributed by atoms with Crippen LogP contribution < -0.4 is 9.64 Å². The Morgan fingerprint density at radius 2 is 2.12 bits per heavy atom. The highest BCUT2D eigenvalue weighted by Gasteiger charge is 2.25. The van der Waals surface area contributed by atoms with Crippen molar-refractivity contribution in [1.82, 2.24) is 9.78 Å². The lowest BCUT2D eigenvalue weighted by atomic mass is 10.2. The van der Waals surface area contributed by atoms with Crippen LogP contribution in [-0.2, 0) is 11.3 Å². The van der Waals surface area contributed by atoms with Gasteiger partial charge in [-0.25, -0.2) is 0 Å². The second-order valence-corrected chi connectivity index (χ2v) is 5.56. The molecule has 1 amide bonds. The molecule has 1 aromatic carbocycles. The fraction of sp³-hybridized carbons (Fsp3) is 0.353. The Morgan fingerprint density at radius 1 is 1.42 bits per heavy atom. The van der Waals surface area contributed by atoms with E-state index in [0.717, 1.165) is 0 Å². The van der Waals surface area contributed by atoms with Gasteiger partial charge in [0, 0.05) is 6.54 Å². The second-order valence-electron chi connectivity index (χ2n) is 5.56. The molecular formula is C17H19N5O4. The van der Waals surface area contributed by atoms with E-state index in [2.05, 4.69) is 5.10 Å². The first-order chi connectivity index (χ1) is 12.4. The number of aromatic nitrogens is 2. The third-order valence-corrected chi connectivity index (χ3v) is 3.94. The minimum atomic E-state index is -0.508. The molecule has 9 nitrogen and oxygen atoms in total. The van der Waals surface area contributed by atoms with E-state index in [1.54, 1.807) is 31.2 Å². The standard InChI is InChI=1S/C17H19N5O4/c1-12-17(22(24)25)13(2)21(19-12)11-16(23)20(10-6-9-18)14-7-4-5-8-15(14)26-3/h4-5,7-8H,6,10-11H2,1-3H3. The zero-order valence-corrected chi connectivity index (χ0v) is 14.8. The Labute approximate surface area is 150 Å². The molecule has 136 valence electrons. The van der Waals surface area contributed by atoms with E-state index in [-0.39, 0.29) is 36.8 Å². The molecule has 0 N–H and O–H groups in total. The van der Waals surface area contributed by atoms with E-state index in [4.69, 9.17) is 10.00 Å². The monoisotopic (exact) mass is 357 g/mol. The molecule has 0 aliphatic rings. The summed E-state index contributed by atoms with van der Waals surface area (Å²) >= 11 is 0. The Morgan fingerprint density at radius 3 is 2.69 bits per heavy atom. The van der Waals surface area contributed by atoms with E-state index in [9.17, 15) is 14.9 Å². The number of para-hydroxylation sites is 2. The molecule has 1 aromatic heterocycles. The third-order valence-electron chi connectivity index (χ3n) is 3.94. The number of nitriles is 1. The van der Waals surface area contributed by atoms with Crippen LogP contribution in [0.25, 0.3) is 0 Å². The predicted molar refractivity (Wildman–Crippen MR) is 93.9 cm³/mol. The first kappa shape index (κ1) is 18.9. The van der Waals surface area contributed by atoms with Crippen LogP contribution in [0.1, 0.15) is 17.8 Å². The maximum atomic E-state index is 12.9. The average molecular weight is 357 g/mol. The quantitative estimate of drug-likeness (QED) is 0.555. The molecule has 0 bridgehead atoms. The predicted octanol–water partition coefficient (Wildman–Crippen LogP) is 2.36. The molecule has 2 aromatic rings. The molecule has 0 atom stereocenters. The number of methoxy groups -OCH3 is 1. The summed E-state index contributed by atoms with van der Waals surface area (Å²) in [5.41, 5.74) is 0.993. The van der Waals surface area contributed by atoms with Gasteiger partial charge < -0.3 is 9.64 Å². The van der Waals surface area contributed by atoms with Gasteiger partial charge in [-0.3, -0.25) is 19.6 Å². The molecule has 1 heterocycles. The number of anilines is 1. The molecule has 0 fully saturated rings. The van der Waals surface area contributed by atoms with Gasteiger partial charge in [-0.15, -0.1) is 0 Å². The molecule has 26 heavy (non-hydrogen) atoms. The zero-order chi connectivity index (χ0) is 19.3. The largest absolute Gasteiger partial charge is 0.495 e. The van der Waals surface area contributed by atoms with Crippen LogP contribution >= 0.6 is 0 Å². The number of carbonyl (C=O) groups is 1. The molecule has 2 rings (SSSR count). The lowest BCUT2D eigenvalue weighted by molar-refractivity contribution is -0.386. The number of nitro groups is 1. The Kier molecular flexibility index (Phi) is 5.90. The molecular weight excluding hydrogens is 338 g/mol. The molecule has 0 saturated heterocycles. The summed E-state index contributed by atoms with van der Waals surface area (Å²) in [5.74, 6) is 0.156. The van der Waals surface area contributed by atoms with Crippen LogP contribution in [-0.4, -0.2) is 34.3 Å². The summed E-state index contributed by atoms with van der Waals surface area (Å²) in [4.78, 5) is 24.9. The van der Waals surface area contributed by atoms with Crippen molar-refractivity contribution in [3.05, 3.63) is 45.8 Å². The van der Waals surface area contributed by atoms with Crippen LogP contribution in [0.4, 0.5) is 11.4 Å². The van der Waals surface area contributed by atoms with E-state index in [1.807, 2.05) is 6.07 Å².